The van der Waals surface area contributed by atoms with Gasteiger partial charge in [0.15, 0.2) is 0 Å². The van der Waals surface area contributed by atoms with Crippen LogP contribution in [0.3, 0.4) is 0 Å². The molecule has 1 aromatic rings. The third-order valence-electron chi connectivity index (χ3n) is 3.37. The van der Waals surface area contributed by atoms with Gasteiger partial charge in [0.1, 0.15) is 5.82 Å². The van der Waals surface area contributed by atoms with E-state index in [1.807, 2.05) is 6.92 Å². The lowest BCUT2D eigenvalue weighted by Crippen LogP contribution is -2.37. The first-order chi connectivity index (χ1) is 9.20. The normalized spacial score (nSPS) is 19.2. The first kappa shape index (κ1) is 13.9. The fourth-order valence-electron chi connectivity index (χ4n) is 2.21. The Kier molecular flexibility index (Phi) is 4.85. The third kappa shape index (κ3) is 3.73. The number of likely N-dealkylation sites (N-methyl/N-ethyl adjacent to an activating group) is 1. The van der Waals surface area contributed by atoms with Gasteiger partial charge in [-0.05, 0) is 19.3 Å². The summed E-state index contributed by atoms with van der Waals surface area (Å²) in [6, 6.07) is 0. The van der Waals surface area contributed by atoms with Crippen molar-refractivity contribution in [1.29, 1.82) is 0 Å². The molecule has 0 radical (unpaired) electrons. The number of hydrogen-bond donors (Lipinski definition) is 0. The molecule has 2 rings (SSSR count). The minimum Gasteiger partial charge on any atom is -0.376 e. The second-order valence-electron chi connectivity index (χ2n) is 4.92. The van der Waals surface area contributed by atoms with Gasteiger partial charge in [-0.3, -0.25) is 4.79 Å². The van der Waals surface area contributed by atoms with E-state index in [0.717, 1.165) is 31.7 Å². The lowest BCUT2D eigenvalue weighted by atomic mass is 10.1. The van der Waals surface area contributed by atoms with Crippen LogP contribution in [0.1, 0.15) is 42.4 Å². The number of aromatic nitrogens is 2. The molecule has 1 aromatic heterocycles. The maximum atomic E-state index is 12.2. The number of hydrogen-bond acceptors (Lipinski definition) is 4. The van der Waals surface area contributed by atoms with Crippen LogP contribution in [-0.2, 0) is 11.2 Å². The summed E-state index contributed by atoms with van der Waals surface area (Å²) in [5, 5.41) is 0. The minimum atomic E-state index is -0.0446. The van der Waals surface area contributed by atoms with Crippen molar-refractivity contribution < 1.29 is 9.53 Å². The van der Waals surface area contributed by atoms with Crippen molar-refractivity contribution >= 4 is 5.91 Å². The lowest BCUT2D eigenvalue weighted by Gasteiger charge is -2.27. The largest absolute Gasteiger partial charge is 0.376 e. The zero-order valence-corrected chi connectivity index (χ0v) is 11.6. The van der Waals surface area contributed by atoms with Crippen LogP contribution in [0.25, 0.3) is 0 Å². The summed E-state index contributed by atoms with van der Waals surface area (Å²) in [4.78, 5) is 22.2. The van der Waals surface area contributed by atoms with E-state index in [1.54, 1.807) is 24.3 Å². The number of nitrogens with zero attached hydrogens (tertiary/aromatic N) is 3. The number of rotatable bonds is 4. The van der Waals surface area contributed by atoms with Gasteiger partial charge in [0.05, 0.1) is 11.7 Å². The predicted molar refractivity (Wildman–Crippen MR) is 72.0 cm³/mol. The van der Waals surface area contributed by atoms with Crippen molar-refractivity contribution in [3.05, 3.63) is 23.8 Å². The molecule has 1 saturated heterocycles. The Labute approximate surface area is 114 Å². The Balaban J connectivity index is 1.93. The Morgan fingerprint density at radius 3 is 2.74 bits per heavy atom. The molecule has 1 aliphatic rings. The number of carbonyl (C=O) groups excluding carboxylic acids is 1. The van der Waals surface area contributed by atoms with E-state index in [1.165, 1.54) is 6.42 Å². The van der Waals surface area contributed by atoms with Gasteiger partial charge in [-0.25, -0.2) is 9.97 Å². The molecule has 0 bridgehead atoms. The Morgan fingerprint density at radius 1 is 1.42 bits per heavy atom. The summed E-state index contributed by atoms with van der Waals surface area (Å²) < 4.78 is 5.65. The van der Waals surface area contributed by atoms with E-state index in [9.17, 15) is 4.79 Å². The molecular formula is C14H21N3O2. The van der Waals surface area contributed by atoms with Gasteiger partial charge in [-0.15, -0.1) is 0 Å². The highest BCUT2D eigenvalue weighted by Crippen LogP contribution is 2.14. The Hall–Kier alpha value is -1.49. The maximum Gasteiger partial charge on any atom is 0.256 e. The zero-order valence-electron chi connectivity index (χ0n) is 11.6. The topological polar surface area (TPSA) is 55.3 Å². The minimum absolute atomic E-state index is 0.0446. The zero-order chi connectivity index (χ0) is 13.7. The molecule has 1 atom stereocenters. The monoisotopic (exact) mass is 263 g/mol. The van der Waals surface area contributed by atoms with Crippen LogP contribution >= 0.6 is 0 Å². The summed E-state index contributed by atoms with van der Waals surface area (Å²) in [5.41, 5.74) is 0.538. The summed E-state index contributed by atoms with van der Waals surface area (Å²) in [6.07, 6.45) is 7.49. The highest BCUT2D eigenvalue weighted by Gasteiger charge is 2.20. The van der Waals surface area contributed by atoms with Crippen LogP contribution in [0.5, 0.6) is 0 Å². The molecule has 104 valence electrons. The molecule has 1 amide bonds. The molecule has 5 heteroatoms. The second kappa shape index (κ2) is 6.61. The fourth-order valence-corrected chi connectivity index (χ4v) is 2.21. The standard InChI is InChI=1S/C14H21N3O2/c1-3-13-15-8-11(9-16-13)14(18)17(2)10-12-6-4-5-7-19-12/h8-9,12H,3-7,10H2,1-2H3/t12-/m1/s1. The average Bonchev–Trinajstić information content (AvgIpc) is 2.47. The summed E-state index contributed by atoms with van der Waals surface area (Å²) in [5.74, 6) is 0.714. The molecule has 0 N–H and O–H groups in total. The molecule has 0 aliphatic carbocycles. The average molecular weight is 263 g/mol. The first-order valence-corrected chi connectivity index (χ1v) is 6.88. The van der Waals surface area contributed by atoms with Crippen LogP contribution in [0.15, 0.2) is 12.4 Å². The highest BCUT2D eigenvalue weighted by atomic mass is 16.5. The van der Waals surface area contributed by atoms with E-state index in [0.29, 0.717) is 12.1 Å². The molecule has 0 aromatic carbocycles. The van der Waals surface area contributed by atoms with E-state index in [4.69, 9.17) is 4.74 Å². The number of aryl methyl sites for hydroxylation is 1. The van der Waals surface area contributed by atoms with Crippen molar-refractivity contribution in [2.75, 3.05) is 20.2 Å². The van der Waals surface area contributed by atoms with Crippen molar-refractivity contribution in [1.82, 2.24) is 14.9 Å². The highest BCUT2D eigenvalue weighted by molar-refractivity contribution is 5.93. The van der Waals surface area contributed by atoms with Crippen molar-refractivity contribution in [2.24, 2.45) is 0 Å². The second-order valence-corrected chi connectivity index (χ2v) is 4.92. The Bertz CT molecular complexity index is 413. The Morgan fingerprint density at radius 2 is 2.16 bits per heavy atom. The summed E-state index contributed by atoms with van der Waals surface area (Å²) >= 11 is 0. The maximum absolute atomic E-state index is 12.2. The van der Waals surface area contributed by atoms with Gasteiger partial charge in [-0.1, -0.05) is 6.92 Å². The molecule has 5 nitrogen and oxygen atoms in total. The van der Waals surface area contributed by atoms with E-state index < -0.39 is 0 Å². The van der Waals surface area contributed by atoms with Crippen LogP contribution in [0, 0.1) is 0 Å². The summed E-state index contributed by atoms with van der Waals surface area (Å²) in [6.45, 7) is 3.43. The molecule has 1 aliphatic heterocycles. The number of amides is 1. The molecular weight excluding hydrogens is 242 g/mol. The van der Waals surface area contributed by atoms with Crippen molar-refractivity contribution in [2.45, 2.75) is 38.7 Å². The van der Waals surface area contributed by atoms with Gasteiger partial charge >= 0.3 is 0 Å². The SMILES string of the molecule is CCc1ncc(C(=O)N(C)C[C@H]2CCCCO2)cn1. The first-order valence-electron chi connectivity index (χ1n) is 6.88. The molecule has 0 spiro atoms. The number of carbonyl (C=O) groups is 1. The number of ether oxygens (including phenoxy) is 1. The fraction of sp³-hybridized carbons (Fsp3) is 0.643. The molecule has 1 fully saturated rings. The predicted octanol–water partition coefficient (Wildman–Crippen LogP) is 1.68. The van der Waals surface area contributed by atoms with E-state index in [-0.39, 0.29) is 12.0 Å². The molecule has 0 saturated carbocycles. The van der Waals surface area contributed by atoms with Crippen molar-refractivity contribution in [3.63, 3.8) is 0 Å². The van der Waals surface area contributed by atoms with Crippen LogP contribution in [0.2, 0.25) is 0 Å². The van der Waals surface area contributed by atoms with Gasteiger partial charge in [0.2, 0.25) is 0 Å². The van der Waals surface area contributed by atoms with Gasteiger partial charge in [-0.2, -0.15) is 0 Å². The van der Waals surface area contributed by atoms with E-state index in [2.05, 4.69) is 9.97 Å². The molecule has 19 heavy (non-hydrogen) atoms. The summed E-state index contributed by atoms with van der Waals surface area (Å²) in [7, 11) is 1.80. The molecule has 0 unspecified atom stereocenters. The van der Waals surface area contributed by atoms with E-state index >= 15 is 0 Å². The van der Waals surface area contributed by atoms with Crippen LogP contribution < -0.4 is 0 Å². The van der Waals surface area contributed by atoms with Crippen LogP contribution in [0.4, 0.5) is 0 Å². The van der Waals surface area contributed by atoms with Crippen molar-refractivity contribution in [3.8, 4) is 0 Å². The van der Waals surface area contributed by atoms with Crippen LogP contribution in [-0.4, -0.2) is 47.1 Å². The van der Waals surface area contributed by atoms with Gasteiger partial charge in [0.25, 0.3) is 5.91 Å². The van der Waals surface area contributed by atoms with Gasteiger partial charge in [0, 0.05) is 39.0 Å². The van der Waals surface area contributed by atoms with Gasteiger partial charge < -0.3 is 9.64 Å². The third-order valence-corrected chi connectivity index (χ3v) is 3.37. The quantitative estimate of drug-likeness (QED) is 0.829. The smallest absolute Gasteiger partial charge is 0.256 e. The molecule has 2 heterocycles. The lowest BCUT2D eigenvalue weighted by molar-refractivity contribution is -0.000204.